The number of benzene rings is 1. The molecule has 10 heteroatoms. The highest BCUT2D eigenvalue weighted by Crippen LogP contribution is 2.33. The molecular formula is C18H24ClN3O3S3. The molecule has 6 nitrogen and oxygen atoms in total. The number of thiazole rings is 1. The van der Waals surface area contributed by atoms with Crippen molar-refractivity contribution in [3.8, 4) is 0 Å². The van der Waals surface area contributed by atoms with Crippen molar-refractivity contribution < 1.29 is 13.5 Å². The maximum absolute atomic E-state index is 13.5. The van der Waals surface area contributed by atoms with Gasteiger partial charge < -0.3 is 10.8 Å². The van der Waals surface area contributed by atoms with Gasteiger partial charge in [-0.15, -0.1) is 35.1 Å². The van der Waals surface area contributed by atoms with E-state index >= 15 is 0 Å². The number of halogens is 1. The summed E-state index contributed by atoms with van der Waals surface area (Å²) in [6.07, 6.45) is 0. The van der Waals surface area contributed by atoms with Crippen LogP contribution in [0.4, 0.5) is 0 Å². The average molecular weight is 462 g/mol. The second-order valence-electron chi connectivity index (χ2n) is 6.66. The summed E-state index contributed by atoms with van der Waals surface area (Å²) < 4.78 is 29.2. The zero-order valence-electron chi connectivity index (χ0n) is 15.6. The lowest BCUT2D eigenvalue weighted by Gasteiger charge is -2.30. The van der Waals surface area contributed by atoms with Gasteiger partial charge in [-0.3, -0.25) is 0 Å². The standard InChI is InChI=1S/C18H23N3O3S3.ClH/c1-12(2)9-21(16(10-22)17-6-3-13(8-19)26-17)27(23,24)14-4-5-15-18(7-14)25-11-20-15;/h3-7,11-12,16,22H,8-10,19H2,1-2H3;1H/t16-;/m1./s1. The number of nitrogens with two attached hydrogens (primary N) is 1. The third-order valence-electron chi connectivity index (χ3n) is 4.19. The van der Waals surface area contributed by atoms with Gasteiger partial charge in [-0.05, 0) is 36.2 Å². The van der Waals surface area contributed by atoms with E-state index in [9.17, 15) is 13.5 Å². The number of rotatable bonds is 8. The largest absolute Gasteiger partial charge is 0.394 e. The molecule has 0 aliphatic carbocycles. The molecule has 1 atom stereocenters. The van der Waals surface area contributed by atoms with E-state index in [-0.39, 0.29) is 29.8 Å². The van der Waals surface area contributed by atoms with Gasteiger partial charge in [0.2, 0.25) is 10.0 Å². The number of sulfonamides is 1. The third-order valence-corrected chi connectivity index (χ3v) is 8.06. The quantitative estimate of drug-likeness (QED) is 0.534. The summed E-state index contributed by atoms with van der Waals surface area (Å²) in [5, 5.41) is 10.1. The van der Waals surface area contributed by atoms with Crippen molar-refractivity contribution in [2.75, 3.05) is 13.2 Å². The lowest BCUT2D eigenvalue weighted by atomic mass is 10.2. The molecule has 3 N–H and O–H groups in total. The van der Waals surface area contributed by atoms with E-state index in [1.165, 1.54) is 27.0 Å². The summed E-state index contributed by atoms with van der Waals surface area (Å²) in [5.41, 5.74) is 8.17. The lowest BCUT2D eigenvalue weighted by Crippen LogP contribution is -2.38. The highest BCUT2D eigenvalue weighted by atomic mass is 35.5. The fourth-order valence-electron chi connectivity index (χ4n) is 2.89. The molecule has 0 unspecified atom stereocenters. The number of aliphatic hydroxyl groups is 1. The lowest BCUT2D eigenvalue weighted by molar-refractivity contribution is 0.181. The summed E-state index contributed by atoms with van der Waals surface area (Å²) >= 11 is 2.84. The SMILES string of the molecule is CC(C)CN([C@H](CO)c1ccc(CN)s1)S(=O)(=O)c1ccc2ncsc2c1.Cl. The number of thiophene rings is 1. The van der Waals surface area contributed by atoms with E-state index < -0.39 is 16.1 Å². The Hall–Kier alpha value is -1.07. The van der Waals surface area contributed by atoms with E-state index in [0.29, 0.717) is 13.1 Å². The van der Waals surface area contributed by atoms with Gasteiger partial charge in [0.05, 0.1) is 33.3 Å². The first kappa shape index (κ1) is 23.2. The molecular weight excluding hydrogens is 438 g/mol. The Morgan fingerprint density at radius 3 is 2.61 bits per heavy atom. The molecule has 28 heavy (non-hydrogen) atoms. The Bertz CT molecular complexity index is 1020. The number of fused-ring (bicyclic) bond motifs is 1. The van der Waals surface area contributed by atoms with E-state index in [1.807, 2.05) is 26.0 Å². The van der Waals surface area contributed by atoms with Crippen LogP contribution in [0.5, 0.6) is 0 Å². The number of hydrogen-bond donors (Lipinski definition) is 2. The molecule has 0 fully saturated rings. The van der Waals surface area contributed by atoms with Crippen LogP contribution in [0.15, 0.2) is 40.7 Å². The van der Waals surface area contributed by atoms with E-state index in [0.717, 1.165) is 20.0 Å². The molecule has 0 spiro atoms. The van der Waals surface area contributed by atoms with Crippen molar-refractivity contribution in [2.24, 2.45) is 11.7 Å². The molecule has 0 aliphatic heterocycles. The van der Waals surface area contributed by atoms with Crippen molar-refractivity contribution in [3.05, 3.63) is 45.6 Å². The minimum atomic E-state index is -3.79. The zero-order chi connectivity index (χ0) is 19.6. The predicted octanol–water partition coefficient (Wildman–Crippen LogP) is 3.62. The van der Waals surface area contributed by atoms with Crippen molar-refractivity contribution in [1.82, 2.24) is 9.29 Å². The minimum absolute atomic E-state index is 0. The van der Waals surface area contributed by atoms with Gasteiger partial charge in [0.15, 0.2) is 0 Å². The maximum atomic E-state index is 13.5. The van der Waals surface area contributed by atoms with Gasteiger partial charge in [-0.25, -0.2) is 13.4 Å². The normalized spacial score (nSPS) is 13.2. The van der Waals surface area contributed by atoms with Crippen LogP contribution in [0.3, 0.4) is 0 Å². The highest BCUT2D eigenvalue weighted by molar-refractivity contribution is 7.89. The van der Waals surface area contributed by atoms with Crippen LogP contribution >= 0.6 is 35.1 Å². The molecule has 0 radical (unpaired) electrons. The third kappa shape index (κ3) is 4.73. The van der Waals surface area contributed by atoms with Crippen molar-refractivity contribution in [1.29, 1.82) is 0 Å². The Kier molecular flexibility index (Phi) is 7.97. The highest BCUT2D eigenvalue weighted by Gasteiger charge is 2.33. The Balaban J connectivity index is 0.00000280. The summed E-state index contributed by atoms with van der Waals surface area (Å²) in [4.78, 5) is 6.17. The molecule has 3 aromatic rings. The van der Waals surface area contributed by atoms with E-state index in [2.05, 4.69) is 4.98 Å². The van der Waals surface area contributed by atoms with Gasteiger partial charge in [0.1, 0.15) is 0 Å². The monoisotopic (exact) mass is 461 g/mol. The van der Waals surface area contributed by atoms with Gasteiger partial charge in [-0.2, -0.15) is 4.31 Å². The number of aliphatic hydroxyl groups excluding tert-OH is 1. The molecule has 0 aliphatic rings. The Labute approximate surface area is 179 Å². The minimum Gasteiger partial charge on any atom is -0.394 e. The van der Waals surface area contributed by atoms with E-state index in [4.69, 9.17) is 5.73 Å². The molecule has 1 aromatic carbocycles. The number of aromatic nitrogens is 1. The second-order valence-corrected chi connectivity index (χ2v) is 10.6. The Morgan fingerprint density at radius 1 is 1.25 bits per heavy atom. The van der Waals surface area contributed by atoms with Gasteiger partial charge in [0.25, 0.3) is 0 Å². The second kappa shape index (κ2) is 9.62. The van der Waals surface area contributed by atoms with Crippen molar-refractivity contribution in [2.45, 2.75) is 31.3 Å². The molecule has 2 aromatic heterocycles. The van der Waals surface area contributed by atoms with Gasteiger partial charge in [0, 0.05) is 22.8 Å². The molecule has 0 bridgehead atoms. The molecule has 2 heterocycles. The molecule has 3 rings (SSSR count). The summed E-state index contributed by atoms with van der Waals surface area (Å²) in [5.74, 6) is 0.106. The van der Waals surface area contributed by atoms with Gasteiger partial charge in [-0.1, -0.05) is 13.8 Å². The maximum Gasteiger partial charge on any atom is 0.243 e. The number of hydrogen-bond acceptors (Lipinski definition) is 7. The zero-order valence-corrected chi connectivity index (χ0v) is 18.9. The molecule has 0 amide bonds. The number of nitrogens with zero attached hydrogens (tertiary/aromatic N) is 2. The fourth-order valence-corrected chi connectivity index (χ4v) is 6.53. The van der Waals surface area contributed by atoms with Crippen LogP contribution in [-0.2, 0) is 16.6 Å². The smallest absolute Gasteiger partial charge is 0.243 e. The summed E-state index contributed by atoms with van der Waals surface area (Å²) in [7, 11) is -3.79. The van der Waals surface area contributed by atoms with E-state index in [1.54, 1.807) is 23.7 Å². The van der Waals surface area contributed by atoms with Crippen molar-refractivity contribution >= 4 is 55.3 Å². The molecule has 0 saturated heterocycles. The first-order valence-corrected chi connectivity index (χ1v) is 11.7. The van der Waals surface area contributed by atoms with Crippen LogP contribution in [0.2, 0.25) is 0 Å². The van der Waals surface area contributed by atoms with Crippen LogP contribution in [-0.4, -0.2) is 36.0 Å². The summed E-state index contributed by atoms with van der Waals surface area (Å²) in [6.45, 7) is 4.33. The first-order chi connectivity index (χ1) is 12.9. The first-order valence-electron chi connectivity index (χ1n) is 8.61. The summed E-state index contributed by atoms with van der Waals surface area (Å²) in [6, 6.07) is 8.05. The van der Waals surface area contributed by atoms with Crippen LogP contribution in [0, 0.1) is 5.92 Å². The predicted molar refractivity (Wildman–Crippen MR) is 118 cm³/mol. The van der Waals surface area contributed by atoms with Crippen LogP contribution in [0.25, 0.3) is 10.2 Å². The van der Waals surface area contributed by atoms with Crippen molar-refractivity contribution in [3.63, 3.8) is 0 Å². The van der Waals surface area contributed by atoms with Gasteiger partial charge >= 0.3 is 0 Å². The van der Waals surface area contributed by atoms with Crippen LogP contribution < -0.4 is 5.73 Å². The average Bonchev–Trinajstić information content (AvgIpc) is 3.29. The fraction of sp³-hybridized carbons (Fsp3) is 0.389. The molecule has 0 saturated carbocycles. The molecule has 154 valence electrons. The topological polar surface area (TPSA) is 96.5 Å². The Morgan fingerprint density at radius 2 is 2.00 bits per heavy atom. The van der Waals surface area contributed by atoms with Crippen LogP contribution in [0.1, 0.15) is 29.6 Å².